The minimum absolute atomic E-state index is 0.337. The zero-order valence-electron chi connectivity index (χ0n) is 11.5. The summed E-state index contributed by atoms with van der Waals surface area (Å²) in [4.78, 5) is 13.0. The molecule has 110 valence electrons. The summed E-state index contributed by atoms with van der Waals surface area (Å²) in [5, 5.41) is 13.2. The van der Waals surface area contributed by atoms with Gasteiger partial charge in [-0.15, -0.1) is 0 Å². The standard InChI is InChI=1S/C15H15FN2O3/c1-9(15(19)20)18-6-5-13-12(8-18)14(17-21-13)10-3-2-4-11(16)7-10/h2-4,7,9H,5-6,8H2,1H3,(H,19,20). The molecule has 0 amide bonds. The van der Waals surface area contributed by atoms with Gasteiger partial charge in [0.05, 0.1) is 0 Å². The molecule has 2 heterocycles. The third-order valence-corrected chi connectivity index (χ3v) is 3.86. The average molecular weight is 290 g/mol. The summed E-state index contributed by atoms with van der Waals surface area (Å²) in [5.74, 6) is -0.443. The minimum Gasteiger partial charge on any atom is -0.480 e. The summed E-state index contributed by atoms with van der Waals surface area (Å²) in [7, 11) is 0. The summed E-state index contributed by atoms with van der Waals surface area (Å²) in [5.41, 5.74) is 2.08. The first-order valence-corrected chi connectivity index (χ1v) is 6.76. The number of halogens is 1. The Balaban J connectivity index is 1.94. The Bertz CT molecular complexity index is 683. The number of rotatable bonds is 3. The summed E-state index contributed by atoms with van der Waals surface area (Å²) < 4.78 is 18.7. The van der Waals surface area contributed by atoms with Crippen LogP contribution in [0.2, 0.25) is 0 Å². The van der Waals surface area contributed by atoms with E-state index in [2.05, 4.69) is 5.16 Å². The Labute approximate surface area is 121 Å². The van der Waals surface area contributed by atoms with E-state index in [1.165, 1.54) is 12.1 Å². The summed E-state index contributed by atoms with van der Waals surface area (Å²) in [6, 6.07) is 5.58. The molecule has 0 fully saturated rings. The van der Waals surface area contributed by atoms with E-state index in [1.54, 1.807) is 19.1 Å². The van der Waals surface area contributed by atoms with Crippen molar-refractivity contribution >= 4 is 5.97 Å². The van der Waals surface area contributed by atoms with Crippen LogP contribution in [-0.4, -0.2) is 33.7 Å². The lowest BCUT2D eigenvalue weighted by atomic mass is 10.0. The molecule has 1 aromatic heterocycles. The SMILES string of the molecule is CC(C(=O)O)N1CCc2onc(-c3cccc(F)c3)c2C1. The number of hydrogen-bond donors (Lipinski definition) is 1. The highest BCUT2D eigenvalue weighted by atomic mass is 19.1. The highest BCUT2D eigenvalue weighted by Gasteiger charge is 2.29. The summed E-state index contributed by atoms with van der Waals surface area (Å²) in [6.45, 7) is 2.71. The topological polar surface area (TPSA) is 66.6 Å². The van der Waals surface area contributed by atoms with Crippen LogP contribution in [0.4, 0.5) is 4.39 Å². The van der Waals surface area contributed by atoms with Crippen molar-refractivity contribution in [3.05, 3.63) is 41.4 Å². The Hall–Kier alpha value is -2.21. The second kappa shape index (κ2) is 5.29. The van der Waals surface area contributed by atoms with Crippen molar-refractivity contribution in [1.29, 1.82) is 0 Å². The maximum Gasteiger partial charge on any atom is 0.320 e. The largest absolute Gasteiger partial charge is 0.480 e. The van der Waals surface area contributed by atoms with E-state index in [1.807, 2.05) is 4.90 Å². The number of nitrogens with zero attached hydrogens (tertiary/aromatic N) is 2. The van der Waals surface area contributed by atoms with Crippen LogP contribution in [0.5, 0.6) is 0 Å². The molecule has 0 radical (unpaired) electrons. The van der Waals surface area contributed by atoms with Gasteiger partial charge in [-0.3, -0.25) is 9.69 Å². The first kappa shape index (κ1) is 13.8. The van der Waals surface area contributed by atoms with Gasteiger partial charge in [-0.25, -0.2) is 4.39 Å². The predicted molar refractivity (Wildman–Crippen MR) is 73.1 cm³/mol. The number of aromatic nitrogens is 1. The Kier molecular flexibility index (Phi) is 3.47. The second-order valence-corrected chi connectivity index (χ2v) is 5.18. The molecule has 0 saturated heterocycles. The van der Waals surface area contributed by atoms with E-state index in [4.69, 9.17) is 9.63 Å². The van der Waals surface area contributed by atoms with Crippen molar-refractivity contribution in [1.82, 2.24) is 10.1 Å². The molecule has 0 spiro atoms. The van der Waals surface area contributed by atoms with Crippen molar-refractivity contribution in [3.8, 4) is 11.3 Å². The maximum absolute atomic E-state index is 13.4. The van der Waals surface area contributed by atoms with Gasteiger partial charge in [0.15, 0.2) is 0 Å². The van der Waals surface area contributed by atoms with Crippen LogP contribution in [0.25, 0.3) is 11.3 Å². The van der Waals surface area contributed by atoms with Crippen molar-refractivity contribution < 1.29 is 18.8 Å². The molecule has 1 aliphatic heterocycles. The smallest absolute Gasteiger partial charge is 0.320 e. The first-order valence-electron chi connectivity index (χ1n) is 6.76. The molecular weight excluding hydrogens is 275 g/mol. The molecule has 2 aromatic rings. The van der Waals surface area contributed by atoms with E-state index < -0.39 is 12.0 Å². The average Bonchev–Trinajstić information content (AvgIpc) is 2.89. The normalized spacial score (nSPS) is 16.5. The van der Waals surface area contributed by atoms with Crippen LogP contribution in [0.1, 0.15) is 18.2 Å². The van der Waals surface area contributed by atoms with Crippen molar-refractivity contribution in [2.24, 2.45) is 0 Å². The van der Waals surface area contributed by atoms with Gasteiger partial charge < -0.3 is 9.63 Å². The van der Waals surface area contributed by atoms with Crippen LogP contribution >= 0.6 is 0 Å². The number of aliphatic carboxylic acids is 1. The molecule has 6 heteroatoms. The van der Waals surface area contributed by atoms with E-state index in [9.17, 15) is 9.18 Å². The van der Waals surface area contributed by atoms with Gasteiger partial charge in [0.2, 0.25) is 0 Å². The van der Waals surface area contributed by atoms with Gasteiger partial charge in [0.25, 0.3) is 0 Å². The van der Waals surface area contributed by atoms with Gasteiger partial charge in [0.1, 0.15) is 23.3 Å². The van der Waals surface area contributed by atoms with Crippen LogP contribution in [-0.2, 0) is 17.8 Å². The number of carboxylic acids is 1. The third-order valence-electron chi connectivity index (χ3n) is 3.86. The molecule has 1 aliphatic rings. The number of carbonyl (C=O) groups is 1. The molecule has 1 atom stereocenters. The van der Waals surface area contributed by atoms with E-state index in [0.29, 0.717) is 30.8 Å². The Morgan fingerprint density at radius 1 is 1.52 bits per heavy atom. The van der Waals surface area contributed by atoms with Crippen molar-refractivity contribution in [2.45, 2.75) is 25.9 Å². The predicted octanol–water partition coefficient (Wildman–Crippen LogP) is 2.31. The fourth-order valence-corrected chi connectivity index (χ4v) is 2.58. The molecule has 3 rings (SSSR count). The number of hydrogen-bond acceptors (Lipinski definition) is 4. The third kappa shape index (κ3) is 2.54. The Morgan fingerprint density at radius 3 is 3.05 bits per heavy atom. The van der Waals surface area contributed by atoms with Crippen LogP contribution in [0, 0.1) is 5.82 Å². The number of benzene rings is 1. The minimum atomic E-state index is -0.859. The monoisotopic (exact) mass is 290 g/mol. The number of fused-ring (bicyclic) bond motifs is 1. The van der Waals surface area contributed by atoms with Crippen LogP contribution in [0.15, 0.2) is 28.8 Å². The highest BCUT2D eigenvalue weighted by Crippen LogP contribution is 2.30. The zero-order valence-corrected chi connectivity index (χ0v) is 11.5. The fourth-order valence-electron chi connectivity index (χ4n) is 2.58. The van der Waals surface area contributed by atoms with E-state index in [-0.39, 0.29) is 5.82 Å². The molecule has 0 aliphatic carbocycles. The van der Waals surface area contributed by atoms with Gasteiger partial charge in [-0.05, 0) is 19.1 Å². The molecule has 21 heavy (non-hydrogen) atoms. The lowest BCUT2D eigenvalue weighted by Crippen LogP contribution is -2.41. The quantitative estimate of drug-likeness (QED) is 0.939. The van der Waals surface area contributed by atoms with Crippen LogP contribution < -0.4 is 0 Å². The molecular formula is C15H15FN2O3. The molecule has 1 N–H and O–H groups in total. The Morgan fingerprint density at radius 2 is 2.33 bits per heavy atom. The fraction of sp³-hybridized carbons (Fsp3) is 0.333. The number of carboxylic acid groups (broad SMARTS) is 1. The van der Waals surface area contributed by atoms with Crippen LogP contribution in [0.3, 0.4) is 0 Å². The molecule has 0 bridgehead atoms. The first-order chi connectivity index (χ1) is 10.1. The summed E-state index contributed by atoms with van der Waals surface area (Å²) >= 11 is 0. The van der Waals surface area contributed by atoms with Crippen molar-refractivity contribution in [3.63, 3.8) is 0 Å². The maximum atomic E-state index is 13.4. The van der Waals surface area contributed by atoms with Gasteiger partial charge in [-0.2, -0.15) is 0 Å². The van der Waals surface area contributed by atoms with Gasteiger partial charge >= 0.3 is 5.97 Å². The van der Waals surface area contributed by atoms with E-state index >= 15 is 0 Å². The summed E-state index contributed by atoms with van der Waals surface area (Å²) in [6.07, 6.45) is 0.606. The molecule has 0 saturated carbocycles. The molecule has 1 aromatic carbocycles. The van der Waals surface area contributed by atoms with Crippen molar-refractivity contribution in [2.75, 3.05) is 6.54 Å². The van der Waals surface area contributed by atoms with Gasteiger partial charge in [0, 0.05) is 30.6 Å². The second-order valence-electron chi connectivity index (χ2n) is 5.18. The molecule has 1 unspecified atom stereocenters. The van der Waals surface area contributed by atoms with E-state index in [0.717, 1.165) is 11.3 Å². The lowest BCUT2D eigenvalue weighted by Gasteiger charge is -2.29. The highest BCUT2D eigenvalue weighted by molar-refractivity contribution is 5.73. The lowest BCUT2D eigenvalue weighted by molar-refractivity contribution is -0.143. The zero-order chi connectivity index (χ0) is 15.0. The van der Waals surface area contributed by atoms with Gasteiger partial charge in [-0.1, -0.05) is 17.3 Å². The molecule has 5 nitrogen and oxygen atoms in total.